The summed E-state index contributed by atoms with van der Waals surface area (Å²) < 4.78 is 3.02. The van der Waals surface area contributed by atoms with E-state index in [1.807, 2.05) is 65.6 Å². The Bertz CT molecular complexity index is 1540. The van der Waals surface area contributed by atoms with Gasteiger partial charge in [-0.2, -0.15) is 0 Å². The fourth-order valence-electron chi connectivity index (χ4n) is 6.55. The summed E-state index contributed by atoms with van der Waals surface area (Å²) >= 11 is 3.59. The molecule has 40 heavy (non-hydrogen) atoms. The molecule has 1 aliphatic heterocycles. The number of fused-ring (bicyclic) bond motifs is 3. The Morgan fingerprint density at radius 1 is 0.925 bits per heavy atom. The minimum absolute atomic E-state index is 0.0900. The lowest BCUT2D eigenvalue weighted by Crippen LogP contribution is -2.64. The number of hydrogen-bond acceptors (Lipinski definition) is 2. The Morgan fingerprint density at radius 2 is 1.68 bits per heavy atom. The van der Waals surface area contributed by atoms with Gasteiger partial charge in [0.2, 0.25) is 0 Å². The second-order valence-electron chi connectivity index (χ2n) is 11.4. The highest BCUT2D eigenvalue weighted by molar-refractivity contribution is 9.10. The maximum absolute atomic E-state index is 14.8. The van der Waals surface area contributed by atoms with Gasteiger partial charge in [0, 0.05) is 28.0 Å². The van der Waals surface area contributed by atoms with Gasteiger partial charge in [0.25, 0.3) is 11.8 Å². The third-order valence-electron chi connectivity index (χ3n) is 8.67. The SMILES string of the molecule is Cc1ccc2cc3n(c2c1)CC(C(=O)NC1CCCCCCC1)(c1ccccc1)N(Cc1cccc(Br)c1)C3=O. The Labute approximate surface area is 244 Å². The van der Waals surface area contributed by atoms with E-state index in [-0.39, 0.29) is 17.9 Å². The number of aromatic nitrogens is 1. The lowest BCUT2D eigenvalue weighted by atomic mass is 9.83. The van der Waals surface area contributed by atoms with Crippen molar-refractivity contribution in [1.29, 1.82) is 0 Å². The van der Waals surface area contributed by atoms with Gasteiger partial charge in [0.05, 0.1) is 6.54 Å². The fourth-order valence-corrected chi connectivity index (χ4v) is 7.00. The standard InChI is InChI=1S/C34H36BrN3O2/c1-24-17-18-26-21-31-32(39)38(22-25-11-10-14-28(35)20-25)34(23-37(31)30(26)19-24,27-12-6-5-7-13-27)33(40)36-29-15-8-3-2-4-9-16-29/h5-7,10-14,17-21,29H,2-4,8-9,15-16,22-23H2,1H3,(H,36,40). The van der Waals surface area contributed by atoms with Gasteiger partial charge in [-0.05, 0) is 60.7 Å². The molecule has 0 radical (unpaired) electrons. The molecule has 1 aromatic heterocycles. The highest BCUT2D eigenvalue weighted by Gasteiger charge is 2.52. The zero-order chi connectivity index (χ0) is 27.7. The largest absolute Gasteiger partial charge is 0.351 e. The van der Waals surface area contributed by atoms with Gasteiger partial charge in [0.1, 0.15) is 5.69 Å². The first kappa shape index (κ1) is 26.8. The number of aryl methyl sites for hydroxylation is 1. The van der Waals surface area contributed by atoms with E-state index < -0.39 is 5.54 Å². The minimum Gasteiger partial charge on any atom is -0.351 e. The number of carbonyl (C=O) groups is 2. The smallest absolute Gasteiger partial charge is 0.272 e. The van der Waals surface area contributed by atoms with Crippen LogP contribution < -0.4 is 5.32 Å². The summed E-state index contributed by atoms with van der Waals surface area (Å²) in [6.07, 6.45) is 7.89. The Kier molecular flexibility index (Phi) is 7.54. The third kappa shape index (κ3) is 4.98. The van der Waals surface area contributed by atoms with Crippen molar-refractivity contribution in [3.8, 4) is 0 Å². The number of amides is 2. The summed E-state index contributed by atoms with van der Waals surface area (Å²) in [5, 5.41) is 4.48. The van der Waals surface area contributed by atoms with Crippen LogP contribution in [0.2, 0.25) is 0 Å². The number of hydrogen-bond donors (Lipinski definition) is 1. The first-order valence-corrected chi connectivity index (χ1v) is 15.3. The van der Waals surface area contributed by atoms with Crippen molar-refractivity contribution in [2.45, 2.75) is 76.5 Å². The van der Waals surface area contributed by atoms with Crippen molar-refractivity contribution in [3.05, 3.63) is 106 Å². The molecule has 206 valence electrons. The van der Waals surface area contributed by atoms with Crippen LogP contribution in [0, 0.1) is 6.92 Å². The van der Waals surface area contributed by atoms with E-state index in [9.17, 15) is 9.59 Å². The highest BCUT2D eigenvalue weighted by atomic mass is 79.9. The maximum Gasteiger partial charge on any atom is 0.272 e. The first-order chi connectivity index (χ1) is 19.5. The normalized spacial score (nSPS) is 20.1. The topological polar surface area (TPSA) is 54.3 Å². The molecule has 2 amide bonds. The molecule has 0 bridgehead atoms. The molecular formula is C34H36BrN3O2. The molecule has 0 spiro atoms. The van der Waals surface area contributed by atoms with Gasteiger partial charge in [-0.15, -0.1) is 0 Å². The van der Waals surface area contributed by atoms with E-state index in [0.29, 0.717) is 18.8 Å². The van der Waals surface area contributed by atoms with Crippen LogP contribution in [0.1, 0.15) is 72.1 Å². The van der Waals surface area contributed by atoms with Crippen molar-refractivity contribution in [3.63, 3.8) is 0 Å². The van der Waals surface area contributed by atoms with Crippen molar-refractivity contribution in [2.75, 3.05) is 0 Å². The number of nitrogens with one attached hydrogen (secondary N) is 1. The number of halogens is 1. The summed E-state index contributed by atoms with van der Waals surface area (Å²) in [5.74, 6) is -0.218. The predicted molar refractivity (Wildman–Crippen MR) is 163 cm³/mol. The van der Waals surface area contributed by atoms with Crippen molar-refractivity contribution >= 4 is 38.6 Å². The van der Waals surface area contributed by atoms with E-state index in [2.05, 4.69) is 50.9 Å². The quantitative estimate of drug-likeness (QED) is 0.259. The van der Waals surface area contributed by atoms with Gasteiger partial charge in [-0.25, -0.2) is 0 Å². The van der Waals surface area contributed by atoms with Crippen molar-refractivity contribution < 1.29 is 9.59 Å². The Hall–Kier alpha value is -3.38. The summed E-state index contributed by atoms with van der Waals surface area (Å²) in [6.45, 7) is 2.75. The molecule has 1 unspecified atom stereocenters. The van der Waals surface area contributed by atoms with Crippen LogP contribution in [0.4, 0.5) is 0 Å². The Balaban J connectivity index is 1.52. The molecule has 1 saturated carbocycles. The molecule has 4 aromatic rings. The average molecular weight is 599 g/mol. The van der Waals surface area contributed by atoms with Gasteiger partial charge in [0.15, 0.2) is 5.54 Å². The first-order valence-electron chi connectivity index (χ1n) is 14.5. The van der Waals surface area contributed by atoms with Crippen LogP contribution >= 0.6 is 15.9 Å². The molecule has 1 fully saturated rings. The summed E-state index contributed by atoms with van der Waals surface area (Å²) in [6, 6.07) is 26.3. The van der Waals surface area contributed by atoms with Gasteiger partial charge in [-0.1, -0.05) is 103 Å². The van der Waals surface area contributed by atoms with Gasteiger partial charge in [-0.3, -0.25) is 9.59 Å². The number of nitrogens with zero attached hydrogens (tertiary/aromatic N) is 2. The summed E-state index contributed by atoms with van der Waals surface area (Å²) in [5.41, 5.74) is 3.35. The van der Waals surface area contributed by atoms with E-state index in [1.54, 1.807) is 0 Å². The van der Waals surface area contributed by atoms with E-state index >= 15 is 0 Å². The van der Waals surface area contributed by atoms with Crippen molar-refractivity contribution in [1.82, 2.24) is 14.8 Å². The minimum atomic E-state index is -1.20. The molecule has 2 aliphatic rings. The molecule has 6 heteroatoms. The maximum atomic E-state index is 14.8. The number of benzene rings is 3. The zero-order valence-corrected chi connectivity index (χ0v) is 24.6. The lowest BCUT2D eigenvalue weighted by Gasteiger charge is -2.47. The van der Waals surface area contributed by atoms with Crippen LogP contribution in [0.15, 0.2) is 83.3 Å². The van der Waals surface area contributed by atoms with E-state index in [0.717, 1.165) is 57.7 Å². The molecule has 1 aliphatic carbocycles. The highest BCUT2D eigenvalue weighted by Crippen LogP contribution is 2.41. The number of carbonyl (C=O) groups excluding carboxylic acids is 2. The second kappa shape index (κ2) is 11.2. The molecule has 2 heterocycles. The Morgan fingerprint density at radius 3 is 2.42 bits per heavy atom. The molecule has 6 rings (SSSR count). The van der Waals surface area contributed by atoms with Gasteiger partial charge >= 0.3 is 0 Å². The summed E-state index contributed by atoms with van der Waals surface area (Å²) in [7, 11) is 0. The molecular weight excluding hydrogens is 562 g/mol. The molecule has 1 atom stereocenters. The zero-order valence-electron chi connectivity index (χ0n) is 23.0. The van der Waals surface area contributed by atoms with E-state index in [1.165, 1.54) is 19.3 Å². The van der Waals surface area contributed by atoms with Crippen LogP contribution in [0.5, 0.6) is 0 Å². The van der Waals surface area contributed by atoms with Gasteiger partial charge < -0.3 is 14.8 Å². The predicted octanol–water partition coefficient (Wildman–Crippen LogP) is 7.49. The molecule has 5 nitrogen and oxygen atoms in total. The van der Waals surface area contributed by atoms with Crippen LogP contribution in [-0.2, 0) is 23.4 Å². The molecule has 0 saturated heterocycles. The molecule has 1 N–H and O–H groups in total. The van der Waals surface area contributed by atoms with E-state index in [4.69, 9.17) is 0 Å². The monoisotopic (exact) mass is 597 g/mol. The average Bonchev–Trinajstić information content (AvgIpc) is 3.29. The summed E-state index contributed by atoms with van der Waals surface area (Å²) in [4.78, 5) is 31.2. The van der Waals surface area contributed by atoms with Crippen LogP contribution in [-0.4, -0.2) is 27.3 Å². The second-order valence-corrected chi connectivity index (χ2v) is 12.4. The lowest BCUT2D eigenvalue weighted by molar-refractivity contribution is -0.136. The van der Waals surface area contributed by atoms with Crippen molar-refractivity contribution in [2.24, 2.45) is 0 Å². The fraction of sp³-hybridized carbons (Fsp3) is 0.353. The number of rotatable bonds is 5. The van der Waals surface area contributed by atoms with Crippen LogP contribution in [0.25, 0.3) is 10.9 Å². The van der Waals surface area contributed by atoms with Crippen LogP contribution in [0.3, 0.4) is 0 Å². The third-order valence-corrected chi connectivity index (χ3v) is 9.16. The molecule has 3 aromatic carbocycles.